The molecule has 18 heavy (non-hydrogen) atoms. The summed E-state index contributed by atoms with van der Waals surface area (Å²) in [6.07, 6.45) is 4.44. The Balaban J connectivity index is 2.21. The Morgan fingerprint density at radius 3 is 2.44 bits per heavy atom. The van der Waals surface area contributed by atoms with Gasteiger partial charge in [0, 0.05) is 25.0 Å². The zero-order chi connectivity index (χ0) is 13.2. The number of carbonyl (C=O) groups excluding carboxylic acids is 1. The zero-order valence-corrected chi connectivity index (χ0v) is 10.8. The van der Waals surface area contributed by atoms with E-state index in [0.717, 1.165) is 12.1 Å². The van der Waals surface area contributed by atoms with Crippen molar-refractivity contribution in [3.05, 3.63) is 48.0 Å². The van der Waals surface area contributed by atoms with E-state index in [0.29, 0.717) is 11.3 Å². The molecule has 1 aromatic heterocycles. The maximum Gasteiger partial charge on any atom is 0.161 e. The molecule has 0 aliphatic heterocycles. The predicted octanol–water partition coefficient (Wildman–Crippen LogP) is 2.55. The molecule has 4 nitrogen and oxygen atoms in total. The van der Waals surface area contributed by atoms with Crippen LogP contribution in [-0.4, -0.2) is 15.8 Å². The summed E-state index contributed by atoms with van der Waals surface area (Å²) in [5.41, 5.74) is 0.109. The van der Waals surface area contributed by atoms with Crippen LogP contribution in [0.3, 0.4) is 0 Å². The van der Waals surface area contributed by atoms with Crippen LogP contribution in [0.4, 0.5) is 0 Å². The van der Waals surface area contributed by atoms with Crippen LogP contribution in [-0.2, 0) is 12.6 Å². The largest absolute Gasteiger partial charge is 0.480 e. The van der Waals surface area contributed by atoms with Gasteiger partial charge in [-0.25, -0.2) is 4.98 Å². The van der Waals surface area contributed by atoms with Crippen molar-refractivity contribution in [1.82, 2.24) is 9.55 Å². The van der Waals surface area contributed by atoms with Crippen molar-refractivity contribution in [1.29, 1.82) is 0 Å². The highest BCUT2D eigenvalue weighted by Crippen LogP contribution is 2.26. The third kappa shape index (κ3) is 2.42. The van der Waals surface area contributed by atoms with Crippen LogP contribution < -0.4 is 4.74 Å². The number of carbonyl (C=O) groups is 1. The Morgan fingerprint density at radius 2 is 1.94 bits per heavy atom. The number of ether oxygens (including phenoxy) is 1. The molecule has 2 aromatic rings. The standard InChI is InChI=1S/C14H16N2O2/c1-14(2,13-15-8-9-16(13)3)18-12-6-4-11(10-17)5-7-12/h4-10H,1-3H3. The molecule has 0 bridgehead atoms. The van der Waals surface area contributed by atoms with Gasteiger partial charge in [-0.05, 0) is 38.1 Å². The minimum Gasteiger partial charge on any atom is -0.480 e. The summed E-state index contributed by atoms with van der Waals surface area (Å²) in [6.45, 7) is 3.92. The Bertz CT molecular complexity index is 541. The SMILES string of the molecule is Cn1ccnc1C(C)(C)Oc1ccc(C=O)cc1. The van der Waals surface area contributed by atoms with Gasteiger partial charge in [-0.15, -0.1) is 0 Å². The van der Waals surface area contributed by atoms with E-state index in [-0.39, 0.29) is 0 Å². The Labute approximate surface area is 106 Å². The maximum absolute atomic E-state index is 10.6. The summed E-state index contributed by atoms with van der Waals surface area (Å²) in [7, 11) is 1.93. The molecule has 0 aliphatic carbocycles. The van der Waals surface area contributed by atoms with Gasteiger partial charge >= 0.3 is 0 Å². The normalized spacial score (nSPS) is 11.3. The summed E-state index contributed by atoms with van der Waals surface area (Å²) < 4.78 is 7.86. The molecule has 0 fully saturated rings. The first-order valence-electron chi connectivity index (χ1n) is 5.75. The van der Waals surface area contributed by atoms with Gasteiger partial charge in [0.2, 0.25) is 0 Å². The van der Waals surface area contributed by atoms with Gasteiger partial charge in [0.05, 0.1) is 0 Å². The number of nitrogens with zero attached hydrogens (tertiary/aromatic N) is 2. The molecule has 0 N–H and O–H groups in total. The van der Waals surface area contributed by atoms with E-state index in [1.165, 1.54) is 0 Å². The second-order valence-corrected chi connectivity index (χ2v) is 4.66. The smallest absolute Gasteiger partial charge is 0.161 e. The van der Waals surface area contributed by atoms with Gasteiger partial charge in [0.25, 0.3) is 0 Å². The fourth-order valence-corrected chi connectivity index (χ4v) is 1.90. The van der Waals surface area contributed by atoms with Crippen LogP contribution in [0.1, 0.15) is 30.0 Å². The molecule has 0 spiro atoms. The molecule has 2 rings (SSSR count). The van der Waals surface area contributed by atoms with Crippen molar-refractivity contribution < 1.29 is 9.53 Å². The molecular weight excluding hydrogens is 228 g/mol. The number of aldehydes is 1. The molecule has 0 unspecified atom stereocenters. The van der Waals surface area contributed by atoms with Crippen LogP contribution >= 0.6 is 0 Å². The van der Waals surface area contributed by atoms with Crippen LogP contribution in [0.2, 0.25) is 0 Å². The molecular formula is C14H16N2O2. The number of aryl methyl sites for hydroxylation is 1. The van der Waals surface area contributed by atoms with E-state index < -0.39 is 5.60 Å². The van der Waals surface area contributed by atoms with Crippen molar-refractivity contribution in [2.75, 3.05) is 0 Å². The Hall–Kier alpha value is -2.10. The number of hydrogen-bond donors (Lipinski definition) is 0. The lowest BCUT2D eigenvalue weighted by molar-refractivity contribution is 0.0953. The van der Waals surface area contributed by atoms with Gasteiger partial charge in [-0.3, -0.25) is 4.79 Å². The molecule has 1 aromatic carbocycles. The molecule has 0 atom stereocenters. The fourth-order valence-electron chi connectivity index (χ4n) is 1.90. The number of rotatable bonds is 4. The van der Waals surface area contributed by atoms with E-state index in [2.05, 4.69) is 4.98 Å². The third-order valence-corrected chi connectivity index (χ3v) is 2.75. The van der Waals surface area contributed by atoms with Crippen molar-refractivity contribution in [3.8, 4) is 5.75 Å². The fraction of sp³-hybridized carbons (Fsp3) is 0.286. The van der Waals surface area contributed by atoms with E-state index in [4.69, 9.17) is 4.74 Å². The lowest BCUT2D eigenvalue weighted by Crippen LogP contribution is -2.28. The molecule has 0 aliphatic rings. The van der Waals surface area contributed by atoms with Crippen LogP contribution in [0, 0.1) is 0 Å². The lowest BCUT2D eigenvalue weighted by atomic mass is 10.1. The zero-order valence-electron chi connectivity index (χ0n) is 10.8. The van der Waals surface area contributed by atoms with Gasteiger partial charge in [0.15, 0.2) is 11.4 Å². The number of aromatic nitrogens is 2. The summed E-state index contributed by atoms with van der Waals surface area (Å²) >= 11 is 0. The molecule has 0 saturated carbocycles. The minimum absolute atomic E-state index is 0.527. The summed E-state index contributed by atoms with van der Waals surface area (Å²) in [4.78, 5) is 14.9. The molecule has 0 saturated heterocycles. The third-order valence-electron chi connectivity index (χ3n) is 2.75. The highest BCUT2D eigenvalue weighted by molar-refractivity contribution is 5.74. The molecule has 94 valence electrons. The lowest BCUT2D eigenvalue weighted by Gasteiger charge is -2.25. The number of imidazole rings is 1. The summed E-state index contributed by atoms with van der Waals surface area (Å²) in [5, 5.41) is 0. The Morgan fingerprint density at radius 1 is 1.28 bits per heavy atom. The first-order valence-corrected chi connectivity index (χ1v) is 5.75. The predicted molar refractivity (Wildman–Crippen MR) is 68.7 cm³/mol. The second-order valence-electron chi connectivity index (χ2n) is 4.66. The van der Waals surface area contributed by atoms with E-state index in [1.54, 1.807) is 30.5 Å². The number of hydrogen-bond acceptors (Lipinski definition) is 3. The summed E-state index contributed by atoms with van der Waals surface area (Å²) in [5.74, 6) is 1.57. The van der Waals surface area contributed by atoms with Crippen LogP contribution in [0.5, 0.6) is 5.75 Å². The first kappa shape index (κ1) is 12.4. The van der Waals surface area contributed by atoms with Gasteiger partial charge in [-0.2, -0.15) is 0 Å². The van der Waals surface area contributed by atoms with Gasteiger partial charge in [-0.1, -0.05) is 0 Å². The highest BCUT2D eigenvalue weighted by Gasteiger charge is 2.26. The van der Waals surface area contributed by atoms with Crippen molar-refractivity contribution in [2.24, 2.45) is 7.05 Å². The molecule has 0 radical (unpaired) electrons. The minimum atomic E-state index is -0.527. The maximum atomic E-state index is 10.6. The van der Waals surface area contributed by atoms with E-state index in [9.17, 15) is 4.79 Å². The first-order chi connectivity index (χ1) is 8.53. The second kappa shape index (κ2) is 4.64. The summed E-state index contributed by atoms with van der Waals surface area (Å²) in [6, 6.07) is 7.04. The van der Waals surface area contributed by atoms with Crippen molar-refractivity contribution >= 4 is 6.29 Å². The average molecular weight is 244 g/mol. The van der Waals surface area contributed by atoms with Crippen LogP contribution in [0.15, 0.2) is 36.7 Å². The topological polar surface area (TPSA) is 44.1 Å². The Kier molecular flexibility index (Phi) is 3.19. The van der Waals surface area contributed by atoms with Gasteiger partial charge in [0.1, 0.15) is 12.0 Å². The molecule has 1 heterocycles. The highest BCUT2D eigenvalue weighted by atomic mass is 16.5. The van der Waals surface area contributed by atoms with E-state index >= 15 is 0 Å². The monoisotopic (exact) mass is 244 g/mol. The van der Waals surface area contributed by atoms with Crippen LogP contribution in [0.25, 0.3) is 0 Å². The quantitative estimate of drug-likeness (QED) is 0.776. The average Bonchev–Trinajstić information content (AvgIpc) is 2.77. The van der Waals surface area contributed by atoms with E-state index in [1.807, 2.05) is 31.7 Å². The molecule has 4 heteroatoms. The molecule has 0 amide bonds. The van der Waals surface area contributed by atoms with Gasteiger partial charge < -0.3 is 9.30 Å². The number of benzene rings is 1. The van der Waals surface area contributed by atoms with Crippen molar-refractivity contribution in [2.45, 2.75) is 19.4 Å². The van der Waals surface area contributed by atoms with Crippen molar-refractivity contribution in [3.63, 3.8) is 0 Å².